The highest BCUT2D eigenvalue weighted by Crippen LogP contribution is 2.30. The van der Waals surface area contributed by atoms with E-state index in [0.717, 1.165) is 31.9 Å². The van der Waals surface area contributed by atoms with Gasteiger partial charge >= 0.3 is 0 Å². The highest BCUT2D eigenvalue weighted by Gasteiger charge is 2.14. The highest BCUT2D eigenvalue weighted by atomic mass is 79.9. The summed E-state index contributed by atoms with van der Waals surface area (Å²) in [6, 6.07) is 13.8. The molecule has 100 valence electrons. The molecule has 3 heteroatoms. The normalized spacial score (nSPS) is 12.6. The number of fused-ring (bicyclic) bond motifs is 1. The number of aliphatic hydroxyl groups excluding tert-OH is 1. The van der Waals surface area contributed by atoms with Gasteiger partial charge in [-0.05, 0) is 41.1 Å². The van der Waals surface area contributed by atoms with E-state index in [2.05, 4.69) is 20.9 Å². The van der Waals surface area contributed by atoms with Crippen LogP contribution < -0.4 is 0 Å². The molecule has 1 N–H and O–H groups in total. The smallest absolute Gasteiger partial charge is 0.105 e. The summed E-state index contributed by atoms with van der Waals surface area (Å²) >= 11 is 3.48. The monoisotopic (exact) mass is 327 g/mol. The molecule has 0 radical (unpaired) electrons. The van der Waals surface area contributed by atoms with Gasteiger partial charge in [-0.15, -0.1) is 0 Å². The molecule has 0 saturated carbocycles. The van der Waals surface area contributed by atoms with Crippen LogP contribution in [0.15, 0.2) is 59.3 Å². The van der Waals surface area contributed by atoms with Crippen molar-refractivity contribution < 1.29 is 5.11 Å². The molecular formula is C17H14BrNO. The summed E-state index contributed by atoms with van der Waals surface area (Å²) in [7, 11) is 0. The van der Waals surface area contributed by atoms with Crippen LogP contribution in [0.1, 0.15) is 22.8 Å². The molecule has 0 aliphatic carbocycles. The Labute approximate surface area is 126 Å². The SMILES string of the molecule is Cc1cc(C(O)c2cccc3ccncc23)ccc1Br. The van der Waals surface area contributed by atoms with Crippen LogP contribution in [-0.4, -0.2) is 10.1 Å². The number of hydrogen-bond acceptors (Lipinski definition) is 2. The minimum absolute atomic E-state index is 0.644. The second-order valence-electron chi connectivity index (χ2n) is 4.86. The predicted molar refractivity (Wildman–Crippen MR) is 84.7 cm³/mol. The molecule has 2 nitrogen and oxygen atoms in total. The van der Waals surface area contributed by atoms with Gasteiger partial charge in [0.05, 0.1) is 0 Å². The fourth-order valence-corrected chi connectivity index (χ4v) is 2.64. The summed E-state index contributed by atoms with van der Waals surface area (Å²) in [6.07, 6.45) is 2.93. The lowest BCUT2D eigenvalue weighted by atomic mass is 9.96. The Morgan fingerprint density at radius 1 is 1.15 bits per heavy atom. The van der Waals surface area contributed by atoms with Gasteiger partial charge < -0.3 is 5.11 Å². The Balaban J connectivity index is 2.12. The molecular weight excluding hydrogens is 314 g/mol. The Kier molecular flexibility index (Phi) is 3.55. The van der Waals surface area contributed by atoms with E-state index in [9.17, 15) is 5.11 Å². The Hall–Kier alpha value is -1.71. The van der Waals surface area contributed by atoms with Crippen molar-refractivity contribution in [3.05, 3.63) is 76.0 Å². The first-order valence-corrected chi connectivity index (χ1v) is 7.23. The molecule has 2 aromatic carbocycles. The lowest BCUT2D eigenvalue weighted by molar-refractivity contribution is 0.222. The van der Waals surface area contributed by atoms with Crippen molar-refractivity contribution >= 4 is 26.7 Å². The van der Waals surface area contributed by atoms with Crippen molar-refractivity contribution in [2.24, 2.45) is 0 Å². The number of rotatable bonds is 2. The zero-order valence-electron chi connectivity index (χ0n) is 11.0. The van der Waals surface area contributed by atoms with Gasteiger partial charge in [0.15, 0.2) is 0 Å². The van der Waals surface area contributed by atoms with Crippen molar-refractivity contribution in [1.29, 1.82) is 0 Å². The fraction of sp³-hybridized carbons (Fsp3) is 0.118. The number of benzene rings is 2. The van der Waals surface area contributed by atoms with Crippen LogP contribution in [0.4, 0.5) is 0 Å². The molecule has 0 fully saturated rings. The standard InChI is InChI=1S/C17H14BrNO/c1-11-9-13(5-6-16(11)18)17(20)14-4-2-3-12-7-8-19-10-15(12)14/h2-10,17,20H,1H3. The van der Waals surface area contributed by atoms with Gasteiger partial charge in [-0.3, -0.25) is 4.98 Å². The maximum Gasteiger partial charge on any atom is 0.105 e. The molecule has 0 amide bonds. The molecule has 0 aliphatic heterocycles. The Morgan fingerprint density at radius 2 is 2.00 bits per heavy atom. The third-order valence-electron chi connectivity index (χ3n) is 3.51. The van der Waals surface area contributed by atoms with Gasteiger partial charge in [-0.25, -0.2) is 0 Å². The molecule has 1 aromatic heterocycles. The first-order chi connectivity index (χ1) is 9.66. The van der Waals surface area contributed by atoms with E-state index in [1.54, 1.807) is 12.4 Å². The molecule has 20 heavy (non-hydrogen) atoms. The van der Waals surface area contributed by atoms with E-state index in [0.29, 0.717) is 0 Å². The molecule has 0 saturated heterocycles. The molecule has 1 atom stereocenters. The number of hydrogen-bond donors (Lipinski definition) is 1. The minimum atomic E-state index is -0.644. The summed E-state index contributed by atoms with van der Waals surface area (Å²) in [5.74, 6) is 0. The van der Waals surface area contributed by atoms with E-state index in [1.165, 1.54) is 0 Å². The topological polar surface area (TPSA) is 33.1 Å². The van der Waals surface area contributed by atoms with Crippen molar-refractivity contribution in [3.63, 3.8) is 0 Å². The van der Waals surface area contributed by atoms with Crippen LogP contribution in [0.5, 0.6) is 0 Å². The summed E-state index contributed by atoms with van der Waals surface area (Å²) in [5, 5.41) is 12.7. The summed E-state index contributed by atoms with van der Waals surface area (Å²) in [6.45, 7) is 2.02. The van der Waals surface area contributed by atoms with Crippen LogP contribution in [0.2, 0.25) is 0 Å². The number of aryl methyl sites for hydroxylation is 1. The minimum Gasteiger partial charge on any atom is -0.384 e. The third kappa shape index (κ3) is 2.35. The molecule has 3 aromatic rings. The van der Waals surface area contributed by atoms with E-state index in [-0.39, 0.29) is 0 Å². The zero-order valence-corrected chi connectivity index (χ0v) is 12.6. The van der Waals surface area contributed by atoms with E-state index >= 15 is 0 Å². The zero-order chi connectivity index (χ0) is 14.1. The third-order valence-corrected chi connectivity index (χ3v) is 4.40. The number of pyridine rings is 1. The maximum atomic E-state index is 10.7. The molecule has 0 aliphatic rings. The number of nitrogens with zero attached hydrogens (tertiary/aromatic N) is 1. The quantitative estimate of drug-likeness (QED) is 0.757. The van der Waals surface area contributed by atoms with Crippen molar-refractivity contribution in [1.82, 2.24) is 4.98 Å². The average molecular weight is 328 g/mol. The summed E-state index contributed by atoms with van der Waals surface area (Å²) < 4.78 is 1.05. The molecule has 0 bridgehead atoms. The average Bonchev–Trinajstić information content (AvgIpc) is 2.49. The van der Waals surface area contributed by atoms with E-state index in [1.807, 2.05) is 49.4 Å². The van der Waals surface area contributed by atoms with Crippen molar-refractivity contribution in [2.75, 3.05) is 0 Å². The first kappa shape index (κ1) is 13.3. The van der Waals surface area contributed by atoms with Crippen LogP contribution in [0.25, 0.3) is 10.8 Å². The van der Waals surface area contributed by atoms with E-state index < -0.39 is 6.10 Å². The second kappa shape index (κ2) is 5.35. The fourth-order valence-electron chi connectivity index (χ4n) is 2.39. The first-order valence-electron chi connectivity index (χ1n) is 6.43. The molecule has 1 heterocycles. The largest absolute Gasteiger partial charge is 0.384 e. The molecule has 1 unspecified atom stereocenters. The second-order valence-corrected chi connectivity index (χ2v) is 5.71. The van der Waals surface area contributed by atoms with Gasteiger partial charge in [0.2, 0.25) is 0 Å². The van der Waals surface area contributed by atoms with Crippen LogP contribution in [0.3, 0.4) is 0 Å². The Morgan fingerprint density at radius 3 is 2.80 bits per heavy atom. The van der Waals surface area contributed by atoms with Gasteiger partial charge in [-0.1, -0.05) is 46.3 Å². The van der Waals surface area contributed by atoms with Crippen LogP contribution in [0, 0.1) is 6.92 Å². The van der Waals surface area contributed by atoms with Crippen molar-refractivity contribution in [2.45, 2.75) is 13.0 Å². The molecule has 0 spiro atoms. The lowest BCUT2D eigenvalue weighted by Gasteiger charge is -2.15. The van der Waals surface area contributed by atoms with Gasteiger partial charge in [0.1, 0.15) is 6.10 Å². The lowest BCUT2D eigenvalue weighted by Crippen LogP contribution is -2.01. The summed E-state index contributed by atoms with van der Waals surface area (Å²) in [4.78, 5) is 4.16. The number of halogens is 1. The molecule has 3 rings (SSSR count). The number of aromatic nitrogens is 1. The maximum absolute atomic E-state index is 10.7. The predicted octanol–water partition coefficient (Wildman–Crippen LogP) is 4.39. The van der Waals surface area contributed by atoms with Gasteiger partial charge in [0.25, 0.3) is 0 Å². The number of aliphatic hydroxyl groups is 1. The Bertz CT molecular complexity index is 765. The van der Waals surface area contributed by atoms with Crippen molar-refractivity contribution in [3.8, 4) is 0 Å². The van der Waals surface area contributed by atoms with E-state index in [4.69, 9.17) is 0 Å². The summed E-state index contributed by atoms with van der Waals surface area (Å²) in [5.41, 5.74) is 2.89. The van der Waals surface area contributed by atoms with Gasteiger partial charge in [-0.2, -0.15) is 0 Å². The highest BCUT2D eigenvalue weighted by molar-refractivity contribution is 9.10. The van der Waals surface area contributed by atoms with Crippen LogP contribution in [-0.2, 0) is 0 Å². The van der Waals surface area contributed by atoms with Gasteiger partial charge in [0, 0.05) is 22.3 Å². The van der Waals surface area contributed by atoms with Crippen LogP contribution >= 0.6 is 15.9 Å².